The number of aromatic nitrogens is 3. The number of β-lactam (4-membered cyclic amide) rings is 1. The highest BCUT2D eigenvalue weighted by Gasteiger charge is 2.70. The lowest BCUT2D eigenvalue weighted by molar-refractivity contribution is -0.385. The molecular formula is C25H22N6O11S. The molecule has 0 radical (unpaired) electrons. The van der Waals surface area contributed by atoms with Crippen LogP contribution in [0, 0.1) is 20.2 Å². The molecule has 1 aromatic heterocycles. The van der Waals surface area contributed by atoms with E-state index in [4.69, 9.17) is 9.47 Å². The van der Waals surface area contributed by atoms with Crippen LogP contribution in [0.25, 0.3) is 0 Å². The number of carbonyl (C=O) groups is 3. The largest absolute Gasteiger partial charge is 0.459 e. The lowest BCUT2D eigenvalue weighted by Gasteiger charge is -2.36. The van der Waals surface area contributed by atoms with E-state index in [1.54, 1.807) is 0 Å². The van der Waals surface area contributed by atoms with Crippen LogP contribution in [-0.4, -0.2) is 72.2 Å². The molecule has 2 aromatic carbocycles. The molecule has 43 heavy (non-hydrogen) atoms. The predicted molar refractivity (Wildman–Crippen MR) is 141 cm³/mol. The summed E-state index contributed by atoms with van der Waals surface area (Å²) in [4.78, 5) is 60.2. The molecule has 0 saturated carbocycles. The van der Waals surface area contributed by atoms with Crippen molar-refractivity contribution in [3.05, 3.63) is 91.8 Å². The number of esters is 2. The third kappa shape index (κ3) is 5.16. The van der Waals surface area contributed by atoms with Gasteiger partial charge in [0.1, 0.15) is 23.3 Å². The number of amides is 1. The van der Waals surface area contributed by atoms with Crippen molar-refractivity contribution in [1.29, 1.82) is 0 Å². The summed E-state index contributed by atoms with van der Waals surface area (Å²) < 4.78 is 36.8. The van der Waals surface area contributed by atoms with Gasteiger partial charge in [0.25, 0.3) is 11.4 Å². The smallest absolute Gasteiger partial charge is 0.358 e. The van der Waals surface area contributed by atoms with E-state index in [1.165, 1.54) is 55.5 Å². The molecule has 0 unspecified atom stereocenters. The van der Waals surface area contributed by atoms with Crippen molar-refractivity contribution in [3.63, 3.8) is 0 Å². The molecule has 2 saturated heterocycles. The van der Waals surface area contributed by atoms with Crippen molar-refractivity contribution in [2.45, 2.75) is 49.3 Å². The maximum Gasteiger partial charge on any atom is 0.358 e. The summed E-state index contributed by atoms with van der Waals surface area (Å²) in [5.74, 6) is -2.53. The topological polar surface area (TPSA) is 224 Å². The van der Waals surface area contributed by atoms with Crippen LogP contribution in [0.2, 0.25) is 0 Å². The van der Waals surface area contributed by atoms with Gasteiger partial charge in [0.2, 0.25) is 5.91 Å². The number of fused-ring (bicyclic) bond motifs is 1. The summed E-state index contributed by atoms with van der Waals surface area (Å²) in [5.41, 5.74) is 0.280. The summed E-state index contributed by atoms with van der Waals surface area (Å²) in [5, 5.41) is 27.9. The second kappa shape index (κ2) is 10.9. The molecule has 0 bridgehead atoms. The molecule has 224 valence electrons. The third-order valence-corrected chi connectivity index (χ3v) is 10.1. The number of ether oxygens (including phenoxy) is 2. The van der Waals surface area contributed by atoms with Crippen molar-refractivity contribution >= 4 is 39.1 Å². The van der Waals surface area contributed by atoms with Crippen LogP contribution in [0.4, 0.5) is 11.4 Å². The number of sulfone groups is 1. The summed E-state index contributed by atoms with van der Waals surface area (Å²) in [7, 11) is -4.20. The van der Waals surface area contributed by atoms with Gasteiger partial charge in [-0.25, -0.2) is 22.7 Å². The van der Waals surface area contributed by atoms with Crippen LogP contribution in [0.15, 0.2) is 54.7 Å². The summed E-state index contributed by atoms with van der Waals surface area (Å²) in [6.07, 6.45) is 0.719. The highest BCUT2D eigenvalue weighted by atomic mass is 32.2. The standard InChI is InChI=1S/C25H22N6O11S/c1-25(14-28-19(11-26-27-28)23(33)41-12-15-2-6-17(7-3-15)30(35)36)22(29-20(32)10-21(29)43(25,39)40)24(34)42-13-16-4-8-18(9-5-16)31(37)38/h2-9,11,21-22H,10,12-14H2,1H3/t21-,22-,25-/m0/s1. The van der Waals surface area contributed by atoms with Gasteiger partial charge >= 0.3 is 11.9 Å². The van der Waals surface area contributed by atoms with E-state index in [-0.39, 0.29) is 36.7 Å². The summed E-state index contributed by atoms with van der Waals surface area (Å²) >= 11 is 0. The van der Waals surface area contributed by atoms with E-state index < -0.39 is 60.2 Å². The monoisotopic (exact) mass is 614 g/mol. The molecule has 0 spiro atoms. The lowest BCUT2D eigenvalue weighted by Crippen LogP contribution is -2.58. The van der Waals surface area contributed by atoms with Crippen molar-refractivity contribution in [3.8, 4) is 0 Å². The second-order valence-electron chi connectivity index (χ2n) is 10.0. The first-order valence-electron chi connectivity index (χ1n) is 12.6. The Bertz CT molecular complexity index is 1740. The molecule has 18 heteroatoms. The van der Waals surface area contributed by atoms with Crippen molar-refractivity contribution in [2.75, 3.05) is 0 Å². The molecule has 1 amide bonds. The molecule has 0 aliphatic carbocycles. The van der Waals surface area contributed by atoms with Gasteiger partial charge in [-0.2, -0.15) is 0 Å². The summed E-state index contributed by atoms with van der Waals surface area (Å²) in [6, 6.07) is 8.89. The van der Waals surface area contributed by atoms with Gasteiger partial charge in [0.15, 0.2) is 21.6 Å². The minimum atomic E-state index is -4.20. The van der Waals surface area contributed by atoms with E-state index in [1.807, 2.05) is 0 Å². The molecule has 2 aliphatic heterocycles. The number of rotatable bonds is 10. The fraction of sp³-hybridized carbons (Fsp3) is 0.320. The number of nitro benzene ring substituents is 2. The van der Waals surface area contributed by atoms with Gasteiger partial charge in [-0.15, -0.1) is 5.10 Å². The maximum absolute atomic E-state index is 13.6. The molecule has 2 fully saturated rings. The number of carbonyl (C=O) groups excluding carboxylic acids is 3. The highest BCUT2D eigenvalue weighted by molar-refractivity contribution is 7.93. The van der Waals surface area contributed by atoms with E-state index in [2.05, 4.69) is 10.3 Å². The first-order valence-corrected chi connectivity index (χ1v) is 14.1. The molecule has 3 heterocycles. The quantitative estimate of drug-likeness (QED) is 0.136. The van der Waals surface area contributed by atoms with E-state index in [0.717, 1.165) is 15.8 Å². The Morgan fingerprint density at radius 2 is 1.51 bits per heavy atom. The average molecular weight is 615 g/mol. The van der Waals surface area contributed by atoms with Gasteiger partial charge in [0.05, 0.1) is 29.0 Å². The Kier molecular flexibility index (Phi) is 7.38. The molecule has 17 nitrogen and oxygen atoms in total. The zero-order chi connectivity index (χ0) is 31.1. The van der Waals surface area contributed by atoms with Crippen LogP contribution in [0.5, 0.6) is 0 Å². The first-order chi connectivity index (χ1) is 20.3. The van der Waals surface area contributed by atoms with Gasteiger partial charge in [-0.1, -0.05) is 5.21 Å². The number of nitro groups is 2. The number of hydrogen-bond donors (Lipinski definition) is 0. The molecule has 2 aliphatic rings. The fourth-order valence-corrected chi connectivity index (χ4v) is 7.33. The number of hydrogen-bond acceptors (Lipinski definition) is 13. The van der Waals surface area contributed by atoms with Crippen LogP contribution >= 0.6 is 0 Å². The number of non-ortho nitro benzene ring substituents is 2. The highest BCUT2D eigenvalue weighted by Crippen LogP contribution is 2.47. The Morgan fingerprint density at radius 1 is 0.977 bits per heavy atom. The molecule has 3 aromatic rings. The van der Waals surface area contributed by atoms with Crippen molar-refractivity contribution in [1.82, 2.24) is 19.9 Å². The predicted octanol–water partition coefficient (Wildman–Crippen LogP) is 1.31. The van der Waals surface area contributed by atoms with E-state index in [9.17, 15) is 43.0 Å². The van der Waals surface area contributed by atoms with Crippen LogP contribution in [0.1, 0.15) is 35.0 Å². The number of benzene rings is 2. The Morgan fingerprint density at radius 3 is 2.02 bits per heavy atom. The van der Waals surface area contributed by atoms with E-state index in [0.29, 0.717) is 11.1 Å². The minimum Gasteiger partial charge on any atom is -0.459 e. The van der Waals surface area contributed by atoms with Gasteiger partial charge < -0.3 is 14.4 Å². The Hall–Kier alpha value is -5.26. The third-order valence-electron chi connectivity index (χ3n) is 7.37. The Balaban J connectivity index is 1.34. The molecular weight excluding hydrogens is 592 g/mol. The van der Waals surface area contributed by atoms with Crippen LogP contribution < -0.4 is 0 Å². The SMILES string of the molecule is C[C@]1(Cn2nncc2C(=O)OCc2ccc([N+](=O)[O-])cc2)[C@H](C(=O)OCc2ccc([N+](=O)[O-])cc2)N2C(=O)C[C@@H]2S1(=O)=O. The Labute approximate surface area is 242 Å². The average Bonchev–Trinajstić information content (AvgIpc) is 3.48. The van der Waals surface area contributed by atoms with Crippen molar-refractivity contribution in [2.24, 2.45) is 0 Å². The van der Waals surface area contributed by atoms with Gasteiger partial charge in [0, 0.05) is 24.3 Å². The van der Waals surface area contributed by atoms with Crippen LogP contribution in [0.3, 0.4) is 0 Å². The molecule has 3 atom stereocenters. The first kappa shape index (κ1) is 29.2. The van der Waals surface area contributed by atoms with Gasteiger partial charge in [-0.3, -0.25) is 25.0 Å². The van der Waals surface area contributed by atoms with Gasteiger partial charge in [-0.05, 0) is 42.3 Å². The normalized spacial score (nSPS) is 21.9. The van der Waals surface area contributed by atoms with Crippen molar-refractivity contribution < 1.29 is 42.1 Å². The maximum atomic E-state index is 13.6. The zero-order valence-corrected chi connectivity index (χ0v) is 23.1. The zero-order valence-electron chi connectivity index (χ0n) is 22.3. The fourth-order valence-electron chi connectivity index (χ4n) is 4.98. The molecule has 5 rings (SSSR count). The second-order valence-corrected chi connectivity index (χ2v) is 12.6. The van der Waals surface area contributed by atoms with Crippen LogP contribution in [-0.2, 0) is 48.7 Å². The minimum absolute atomic E-state index is 0.146. The molecule has 0 N–H and O–H groups in total. The summed E-state index contributed by atoms with van der Waals surface area (Å²) in [6.45, 7) is 0.0769. The van der Waals surface area contributed by atoms with E-state index >= 15 is 0 Å². The lowest BCUT2D eigenvalue weighted by atomic mass is 9.96. The number of nitrogens with zero attached hydrogens (tertiary/aromatic N) is 6.